The average molecular weight is 292 g/mol. The molecule has 1 aromatic carbocycles. The van der Waals surface area contributed by atoms with Crippen LogP contribution in [0.3, 0.4) is 0 Å². The molecule has 2 amide bonds. The van der Waals surface area contributed by atoms with Crippen LogP contribution in [0.2, 0.25) is 0 Å². The molecular weight excluding hydrogens is 268 g/mol. The Labute approximate surface area is 125 Å². The fourth-order valence-corrected chi connectivity index (χ4v) is 2.71. The number of piperidine rings is 1. The number of carbonyl (C=O) groups is 1. The van der Waals surface area contributed by atoms with Crippen molar-refractivity contribution in [2.75, 3.05) is 6.54 Å². The van der Waals surface area contributed by atoms with Gasteiger partial charge in [-0.1, -0.05) is 6.92 Å². The topological polar surface area (TPSA) is 61.8 Å². The van der Waals surface area contributed by atoms with E-state index in [9.17, 15) is 9.90 Å². The normalized spacial score (nSPS) is 19.9. The molecule has 2 atom stereocenters. The first kappa shape index (κ1) is 15.5. The molecule has 1 aromatic rings. The van der Waals surface area contributed by atoms with Gasteiger partial charge in [-0.05, 0) is 56.9 Å². The molecule has 1 heterocycles. The van der Waals surface area contributed by atoms with Crippen molar-refractivity contribution < 1.29 is 14.6 Å². The maximum atomic E-state index is 12.3. The number of benzene rings is 1. The standard InChI is InChI=1S/C16H24N2O3/c1-3-13-6-4-5-11-18(13)16(20)17-12(2)21-15-9-7-14(19)8-10-15/h7-10,12-13,19H,3-6,11H2,1-2H3,(H,17,20). The summed E-state index contributed by atoms with van der Waals surface area (Å²) in [5, 5.41) is 12.1. The molecule has 0 aliphatic carbocycles. The van der Waals surface area contributed by atoms with Crippen LogP contribution in [0.4, 0.5) is 4.79 Å². The minimum absolute atomic E-state index is 0.0622. The molecule has 0 radical (unpaired) electrons. The number of rotatable bonds is 4. The first-order chi connectivity index (χ1) is 10.1. The number of phenolic OH excluding ortho intramolecular Hbond substituents is 1. The molecule has 1 aliphatic rings. The largest absolute Gasteiger partial charge is 0.508 e. The molecule has 1 aliphatic heterocycles. The van der Waals surface area contributed by atoms with Crippen LogP contribution in [0.1, 0.15) is 39.5 Å². The maximum absolute atomic E-state index is 12.3. The zero-order valence-corrected chi connectivity index (χ0v) is 12.7. The minimum atomic E-state index is -0.415. The van der Waals surface area contributed by atoms with Gasteiger partial charge in [0.2, 0.25) is 0 Å². The van der Waals surface area contributed by atoms with Gasteiger partial charge in [0.25, 0.3) is 0 Å². The van der Waals surface area contributed by atoms with Crippen LogP contribution in [-0.2, 0) is 0 Å². The van der Waals surface area contributed by atoms with E-state index in [-0.39, 0.29) is 11.8 Å². The predicted molar refractivity (Wildman–Crippen MR) is 81.4 cm³/mol. The maximum Gasteiger partial charge on any atom is 0.320 e. The Balaban J connectivity index is 1.87. The third-order valence-corrected chi connectivity index (χ3v) is 3.84. The molecular formula is C16H24N2O3. The van der Waals surface area contributed by atoms with Crippen molar-refractivity contribution in [3.63, 3.8) is 0 Å². The number of ether oxygens (including phenoxy) is 1. The van der Waals surface area contributed by atoms with Crippen LogP contribution in [0.5, 0.6) is 11.5 Å². The van der Waals surface area contributed by atoms with E-state index in [4.69, 9.17) is 4.74 Å². The third-order valence-electron chi connectivity index (χ3n) is 3.84. The summed E-state index contributed by atoms with van der Waals surface area (Å²) in [7, 11) is 0. The lowest BCUT2D eigenvalue weighted by molar-refractivity contribution is 0.123. The lowest BCUT2D eigenvalue weighted by Crippen LogP contribution is -2.51. The van der Waals surface area contributed by atoms with Gasteiger partial charge in [-0.2, -0.15) is 0 Å². The van der Waals surface area contributed by atoms with Gasteiger partial charge in [-0.25, -0.2) is 4.79 Å². The number of nitrogens with one attached hydrogen (secondary N) is 1. The lowest BCUT2D eigenvalue weighted by atomic mass is 10.0. The number of aromatic hydroxyl groups is 1. The zero-order chi connectivity index (χ0) is 15.2. The second-order valence-corrected chi connectivity index (χ2v) is 5.45. The Kier molecular flexibility index (Phi) is 5.31. The summed E-state index contributed by atoms with van der Waals surface area (Å²) in [4.78, 5) is 14.2. The molecule has 21 heavy (non-hydrogen) atoms. The number of likely N-dealkylation sites (tertiary alicyclic amines) is 1. The number of phenols is 1. The Morgan fingerprint density at radius 2 is 2.14 bits per heavy atom. The van der Waals surface area contributed by atoms with E-state index in [1.54, 1.807) is 31.2 Å². The highest BCUT2D eigenvalue weighted by Gasteiger charge is 2.26. The van der Waals surface area contributed by atoms with E-state index in [0.717, 1.165) is 25.8 Å². The summed E-state index contributed by atoms with van der Waals surface area (Å²) in [6, 6.07) is 6.73. The summed E-state index contributed by atoms with van der Waals surface area (Å²) in [5.74, 6) is 0.810. The molecule has 5 nitrogen and oxygen atoms in total. The van der Waals surface area contributed by atoms with Crippen molar-refractivity contribution in [1.29, 1.82) is 0 Å². The molecule has 116 valence electrons. The average Bonchev–Trinajstić information content (AvgIpc) is 2.49. The predicted octanol–water partition coefficient (Wildman–Crippen LogP) is 3.09. The quantitative estimate of drug-likeness (QED) is 0.838. The van der Waals surface area contributed by atoms with Crippen LogP contribution in [-0.4, -0.2) is 34.9 Å². The summed E-state index contributed by atoms with van der Waals surface area (Å²) in [6.45, 7) is 4.73. The number of hydrogen-bond donors (Lipinski definition) is 2. The molecule has 2 unspecified atom stereocenters. The molecule has 1 fully saturated rings. The van der Waals surface area contributed by atoms with Crippen LogP contribution in [0.15, 0.2) is 24.3 Å². The van der Waals surface area contributed by atoms with Gasteiger partial charge in [-0.15, -0.1) is 0 Å². The SMILES string of the molecule is CCC1CCCCN1C(=O)NC(C)Oc1ccc(O)cc1. The number of carbonyl (C=O) groups excluding carboxylic acids is 1. The van der Waals surface area contributed by atoms with Crippen LogP contribution >= 0.6 is 0 Å². The Bertz CT molecular complexity index is 461. The molecule has 1 saturated heterocycles. The smallest absolute Gasteiger partial charge is 0.320 e. The third kappa shape index (κ3) is 4.28. The molecule has 0 saturated carbocycles. The summed E-state index contributed by atoms with van der Waals surface area (Å²) >= 11 is 0. The van der Waals surface area contributed by atoms with Gasteiger partial charge >= 0.3 is 6.03 Å². The van der Waals surface area contributed by atoms with Gasteiger partial charge in [0.1, 0.15) is 11.5 Å². The Hall–Kier alpha value is -1.91. The number of urea groups is 1. The molecule has 0 aromatic heterocycles. The van der Waals surface area contributed by atoms with Crippen LogP contribution in [0, 0.1) is 0 Å². The first-order valence-electron chi connectivity index (χ1n) is 7.63. The Morgan fingerprint density at radius 3 is 2.81 bits per heavy atom. The van der Waals surface area contributed by atoms with Gasteiger partial charge in [0, 0.05) is 12.6 Å². The molecule has 0 spiro atoms. The zero-order valence-electron chi connectivity index (χ0n) is 12.7. The molecule has 2 N–H and O–H groups in total. The van der Waals surface area contributed by atoms with Crippen molar-refractivity contribution >= 4 is 6.03 Å². The van der Waals surface area contributed by atoms with Crippen molar-refractivity contribution in [3.8, 4) is 11.5 Å². The summed E-state index contributed by atoms with van der Waals surface area (Å²) in [6.07, 6.45) is 3.91. The van der Waals surface area contributed by atoms with Gasteiger partial charge in [0.05, 0.1) is 0 Å². The second kappa shape index (κ2) is 7.20. The fraction of sp³-hybridized carbons (Fsp3) is 0.562. The first-order valence-corrected chi connectivity index (χ1v) is 7.63. The lowest BCUT2D eigenvalue weighted by Gasteiger charge is -2.35. The highest BCUT2D eigenvalue weighted by molar-refractivity contribution is 5.74. The van der Waals surface area contributed by atoms with Gasteiger partial charge < -0.3 is 20.1 Å². The number of amides is 2. The van der Waals surface area contributed by atoms with Crippen molar-refractivity contribution in [2.45, 2.75) is 51.8 Å². The van der Waals surface area contributed by atoms with Crippen molar-refractivity contribution in [2.24, 2.45) is 0 Å². The second-order valence-electron chi connectivity index (χ2n) is 5.45. The van der Waals surface area contributed by atoms with Gasteiger partial charge in [-0.3, -0.25) is 0 Å². The summed E-state index contributed by atoms with van der Waals surface area (Å²) < 4.78 is 5.63. The van der Waals surface area contributed by atoms with E-state index in [0.29, 0.717) is 11.8 Å². The van der Waals surface area contributed by atoms with Crippen molar-refractivity contribution in [1.82, 2.24) is 10.2 Å². The molecule has 5 heteroatoms. The van der Waals surface area contributed by atoms with Gasteiger partial charge in [0.15, 0.2) is 6.23 Å². The number of hydrogen-bond acceptors (Lipinski definition) is 3. The van der Waals surface area contributed by atoms with E-state index in [2.05, 4.69) is 12.2 Å². The molecule has 0 bridgehead atoms. The Morgan fingerprint density at radius 1 is 1.43 bits per heavy atom. The highest BCUT2D eigenvalue weighted by atomic mass is 16.5. The number of nitrogens with zero attached hydrogens (tertiary/aromatic N) is 1. The monoisotopic (exact) mass is 292 g/mol. The van der Waals surface area contributed by atoms with Crippen molar-refractivity contribution in [3.05, 3.63) is 24.3 Å². The van der Waals surface area contributed by atoms with Crippen LogP contribution < -0.4 is 10.1 Å². The van der Waals surface area contributed by atoms with E-state index < -0.39 is 6.23 Å². The van der Waals surface area contributed by atoms with E-state index in [1.165, 1.54) is 6.42 Å². The van der Waals surface area contributed by atoms with E-state index in [1.807, 2.05) is 4.90 Å². The highest BCUT2D eigenvalue weighted by Crippen LogP contribution is 2.20. The van der Waals surface area contributed by atoms with E-state index >= 15 is 0 Å². The fourth-order valence-electron chi connectivity index (χ4n) is 2.71. The minimum Gasteiger partial charge on any atom is -0.508 e. The summed E-state index contributed by atoms with van der Waals surface area (Å²) in [5.41, 5.74) is 0. The molecule has 2 rings (SSSR count). The van der Waals surface area contributed by atoms with Crippen LogP contribution in [0.25, 0.3) is 0 Å².